The van der Waals surface area contributed by atoms with Crippen molar-refractivity contribution < 1.29 is 14.0 Å². The maximum Gasteiger partial charge on any atom is 0.333 e. The zero-order chi connectivity index (χ0) is 29.5. The average Bonchev–Trinajstić information content (AvgIpc) is 3.29. The number of carbonyl (C=O) groups excluding carboxylic acids is 2. The minimum absolute atomic E-state index is 0.0894. The molecule has 3 aromatic rings. The number of hydrogen-bond acceptors (Lipinski definition) is 6. The van der Waals surface area contributed by atoms with Crippen molar-refractivity contribution in [3.63, 3.8) is 0 Å². The molecule has 2 aliphatic heterocycles. The quantitative estimate of drug-likeness (QED) is 0.457. The molecule has 4 heterocycles. The first-order chi connectivity index (χ1) is 20.2. The summed E-state index contributed by atoms with van der Waals surface area (Å²) >= 11 is 1.83. The van der Waals surface area contributed by atoms with Gasteiger partial charge in [-0.25, -0.2) is 14.2 Å². The smallest absolute Gasteiger partial charge is 0.333 e. The normalized spacial score (nSPS) is 21.2. The highest BCUT2D eigenvalue weighted by molar-refractivity contribution is 7.99. The topological polar surface area (TPSA) is 106 Å². The van der Waals surface area contributed by atoms with Crippen molar-refractivity contribution in [2.24, 2.45) is 5.92 Å². The van der Waals surface area contributed by atoms with Gasteiger partial charge in [-0.3, -0.25) is 23.5 Å². The molecule has 1 saturated carbocycles. The SMILES string of the molecule is CC(C)CN1Cc2cccc(C(=O)N[C@H]3CC[C@@H](n4c(=O)c5cc(F)cnc5n(C5CCSCC5)c4=O)CC3)c2C1=O. The summed E-state index contributed by atoms with van der Waals surface area (Å²) in [6.45, 7) is 5.27. The van der Waals surface area contributed by atoms with Gasteiger partial charge in [-0.1, -0.05) is 26.0 Å². The molecular weight excluding hydrogens is 557 g/mol. The summed E-state index contributed by atoms with van der Waals surface area (Å²) in [7, 11) is 0. The number of benzene rings is 1. The van der Waals surface area contributed by atoms with Crippen LogP contribution in [0.4, 0.5) is 4.39 Å². The van der Waals surface area contributed by atoms with Gasteiger partial charge in [-0.2, -0.15) is 11.8 Å². The van der Waals surface area contributed by atoms with E-state index >= 15 is 0 Å². The number of fused-ring (bicyclic) bond motifs is 2. The van der Waals surface area contributed by atoms with Gasteiger partial charge in [0, 0.05) is 31.2 Å². The van der Waals surface area contributed by atoms with Crippen LogP contribution >= 0.6 is 11.8 Å². The Hall–Kier alpha value is -3.47. The maximum atomic E-state index is 14.2. The fourth-order valence-electron chi connectivity index (χ4n) is 6.74. The Morgan fingerprint density at radius 1 is 1.05 bits per heavy atom. The zero-order valence-corrected chi connectivity index (χ0v) is 24.8. The van der Waals surface area contributed by atoms with E-state index in [-0.39, 0.29) is 46.7 Å². The molecule has 6 rings (SSSR count). The Morgan fingerprint density at radius 3 is 2.48 bits per heavy atom. The number of amides is 2. The van der Waals surface area contributed by atoms with Gasteiger partial charge in [0.15, 0.2) is 0 Å². The molecule has 0 bridgehead atoms. The highest BCUT2D eigenvalue weighted by atomic mass is 32.2. The largest absolute Gasteiger partial charge is 0.349 e. The Kier molecular flexibility index (Phi) is 7.95. The second-order valence-electron chi connectivity index (χ2n) is 12.1. The van der Waals surface area contributed by atoms with E-state index in [4.69, 9.17) is 0 Å². The summed E-state index contributed by atoms with van der Waals surface area (Å²) in [5.41, 5.74) is 1.08. The number of hydrogen-bond donors (Lipinski definition) is 1. The van der Waals surface area contributed by atoms with E-state index in [0.717, 1.165) is 36.1 Å². The van der Waals surface area contributed by atoms with Gasteiger partial charge in [-0.05, 0) is 73.6 Å². The molecule has 9 nitrogen and oxygen atoms in total. The van der Waals surface area contributed by atoms with E-state index in [1.54, 1.807) is 15.5 Å². The number of nitrogens with zero attached hydrogens (tertiary/aromatic N) is 4. The highest BCUT2D eigenvalue weighted by Crippen LogP contribution is 2.31. The van der Waals surface area contributed by atoms with E-state index in [9.17, 15) is 23.6 Å². The summed E-state index contributed by atoms with van der Waals surface area (Å²) in [5, 5.41) is 3.22. The summed E-state index contributed by atoms with van der Waals surface area (Å²) in [5.74, 6) is 1.15. The fraction of sp³-hybridized carbons (Fsp3) is 0.516. The fourth-order valence-corrected chi connectivity index (χ4v) is 7.82. The third-order valence-electron chi connectivity index (χ3n) is 8.72. The molecule has 1 aromatic carbocycles. The van der Waals surface area contributed by atoms with E-state index in [1.807, 2.05) is 23.9 Å². The number of nitrogens with one attached hydrogen (secondary N) is 1. The molecule has 0 radical (unpaired) electrons. The van der Waals surface area contributed by atoms with Crippen molar-refractivity contribution >= 4 is 34.6 Å². The van der Waals surface area contributed by atoms with Gasteiger partial charge in [0.2, 0.25) is 0 Å². The van der Waals surface area contributed by atoms with Gasteiger partial charge in [-0.15, -0.1) is 0 Å². The van der Waals surface area contributed by atoms with E-state index in [0.29, 0.717) is 55.8 Å². The molecule has 3 aliphatic rings. The third-order valence-corrected chi connectivity index (χ3v) is 9.77. The summed E-state index contributed by atoms with van der Waals surface area (Å²) in [6.07, 6.45) is 4.82. The first-order valence-corrected chi connectivity index (χ1v) is 16.0. The van der Waals surface area contributed by atoms with Crippen molar-refractivity contribution in [2.45, 2.75) is 77.0 Å². The molecule has 11 heteroatoms. The van der Waals surface area contributed by atoms with Crippen LogP contribution in [-0.2, 0) is 6.54 Å². The van der Waals surface area contributed by atoms with Crippen LogP contribution in [0.2, 0.25) is 0 Å². The third kappa shape index (κ3) is 5.27. The summed E-state index contributed by atoms with van der Waals surface area (Å²) in [6, 6.07) is 6.00. The van der Waals surface area contributed by atoms with E-state index < -0.39 is 11.4 Å². The minimum atomic E-state index is -0.611. The second-order valence-corrected chi connectivity index (χ2v) is 13.3. The van der Waals surface area contributed by atoms with E-state index in [1.165, 1.54) is 10.6 Å². The van der Waals surface area contributed by atoms with Gasteiger partial charge >= 0.3 is 5.69 Å². The predicted octanol–water partition coefficient (Wildman–Crippen LogP) is 4.29. The van der Waals surface area contributed by atoms with Crippen molar-refractivity contribution in [1.82, 2.24) is 24.3 Å². The Morgan fingerprint density at radius 2 is 1.76 bits per heavy atom. The average molecular weight is 594 g/mol. The van der Waals surface area contributed by atoms with Crippen LogP contribution in [0.25, 0.3) is 11.0 Å². The molecule has 2 amide bonds. The standard InChI is InChI=1S/C31H36FN5O4S/c1-18(2)16-35-17-19-4-3-5-24(26(19)30(35)40)28(38)34-21-6-8-22(9-7-21)37-29(39)25-14-20(32)15-33-27(25)36(31(37)41)23-10-12-42-13-11-23/h3-5,14-15,18,21-23H,6-13,16-17H2,1-2H3,(H,34,38)/t21-,22+. The lowest BCUT2D eigenvalue weighted by molar-refractivity contribution is 0.0753. The lowest BCUT2D eigenvalue weighted by Gasteiger charge is -2.31. The number of thioether (sulfide) groups is 1. The van der Waals surface area contributed by atoms with Crippen LogP contribution in [0.3, 0.4) is 0 Å². The van der Waals surface area contributed by atoms with Crippen LogP contribution < -0.4 is 16.6 Å². The number of carbonyl (C=O) groups is 2. The number of aromatic nitrogens is 3. The van der Waals surface area contributed by atoms with Crippen LogP contribution in [0.1, 0.15) is 90.7 Å². The van der Waals surface area contributed by atoms with Crippen LogP contribution in [0.5, 0.6) is 0 Å². The Balaban J connectivity index is 1.21. The van der Waals surface area contributed by atoms with Crippen molar-refractivity contribution in [3.8, 4) is 0 Å². The zero-order valence-electron chi connectivity index (χ0n) is 24.0. The van der Waals surface area contributed by atoms with E-state index in [2.05, 4.69) is 24.1 Å². The number of halogens is 1. The van der Waals surface area contributed by atoms with Crippen LogP contribution in [0.15, 0.2) is 40.1 Å². The molecule has 0 unspecified atom stereocenters. The van der Waals surface area contributed by atoms with Crippen LogP contribution in [0, 0.1) is 11.7 Å². The second kappa shape index (κ2) is 11.7. The summed E-state index contributed by atoms with van der Waals surface area (Å²) in [4.78, 5) is 59.9. The molecule has 42 heavy (non-hydrogen) atoms. The molecule has 2 fully saturated rings. The summed E-state index contributed by atoms with van der Waals surface area (Å²) < 4.78 is 17.1. The first-order valence-electron chi connectivity index (χ1n) is 14.8. The molecule has 1 saturated heterocycles. The van der Waals surface area contributed by atoms with Crippen molar-refractivity contribution in [3.05, 3.63) is 73.8 Å². The maximum absolute atomic E-state index is 14.2. The number of rotatable bonds is 6. The van der Waals surface area contributed by atoms with Gasteiger partial charge < -0.3 is 10.2 Å². The molecule has 222 valence electrons. The molecular formula is C31H36FN5O4S. The monoisotopic (exact) mass is 593 g/mol. The molecule has 2 aromatic heterocycles. The van der Waals surface area contributed by atoms with Crippen molar-refractivity contribution in [2.75, 3.05) is 18.1 Å². The molecule has 1 aliphatic carbocycles. The van der Waals surface area contributed by atoms with Crippen molar-refractivity contribution in [1.29, 1.82) is 0 Å². The van der Waals surface area contributed by atoms with Gasteiger partial charge in [0.25, 0.3) is 17.4 Å². The van der Waals surface area contributed by atoms with Crippen LogP contribution in [-0.4, -0.2) is 54.9 Å². The first kappa shape index (κ1) is 28.6. The lowest BCUT2D eigenvalue weighted by Crippen LogP contribution is -2.46. The molecule has 0 spiro atoms. The minimum Gasteiger partial charge on any atom is -0.349 e. The molecule has 1 N–H and O–H groups in total. The Labute approximate surface area is 247 Å². The Bertz CT molecular complexity index is 1650. The number of pyridine rings is 1. The molecule has 0 atom stereocenters. The van der Waals surface area contributed by atoms with Gasteiger partial charge in [0.05, 0.1) is 22.7 Å². The lowest BCUT2D eigenvalue weighted by atomic mass is 9.90. The highest BCUT2D eigenvalue weighted by Gasteiger charge is 2.34. The van der Waals surface area contributed by atoms with Gasteiger partial charge in [0.1, 0.15) is 11.5 Å². The predicted molar refractivity (Wildman–Crippen MR) is 161 cm³/mol.